The van der Waals surface area contributed by atoms with Crippen LogP contribution >= 0.6 is 0 Å². The highest BCUT2D eigenvalue weighted by Crippen LogP contribution is 2.10. The molecule has 0 aliphatic heterocycles. The van der Waals surface area contributed by atoms with E-state index in [1.807, 2.05) is 34.0 Å². The summed E-state index contributed by atoms with van der Waals surface area (Å²) in [6.07, 6.45) is 5.85. The minimum Gasteiger partial charge on any atom is -0.398 e. The van der Waals surface area contributed by atoms with Crippen molar-refractivity contribution in [2.75, 3.05) is 14.1 Å². The Morgan fingerprint density at radius 1 is 1.13 bits per heavy atom. The number of rotatable bonds is 4. The van der Waals surface area contributed by atoms with Crippen LogP contribution in [0.1, 0.15) is 20.8 Å². The highest BCUT2D eigenvalue weighted by molar-refractivity contribution is 5.37. The van der Waals surface area contributed by atoms with E-state index in [1.165, 1.54) is 5.70 Å². The van der Waals surface area contributed by atoms with Gasteiger partial charge in [-0.3, -0.25) is 0 Å². The average molecular weight is 206 g/mol. The van der Waals surface area contributed by atoms with Crippen LogP contribution in [0.4, 0.5) is 0 Å². The Labute approximate surface area is 93.5 Å². The minimum atomic E-state index is 0.799. The zero-order valence-corrected chi connectivity index (χ0v) is 10.5. The lowest BCUT2D eigenvalue weighted by atomic mass is 10.1. The Morgan fingerprint density at radius 3 is 2.07 bits per heavy atom. The summed E-state index contributed by atoms with van der Waals surface area (Å²) >= 11 is 0. The lowest BCUT2D eigenvalue weighted by Gasteiger charge is -2.11. The molecule has 0 aromatic rings. The fraction of sp³-hybridized carbons (Fsp3) is 0.385. The van der Waals surface area contributed by atoms with Crippen molar-refractivity contribution in [1.82, 2.24) is 4.90 Å². The fourth-order valence-corrected chi connectivity index (χ4v) is 0.905. The van der Waals surface area contributed by atoms with Gasteiger partial charge < -0.3 is 10.6 Å². The van der Waals surface area contributed by atoms with Crippen LogP contribution in [0, 0.1) is 0 Å². The van der Waals surface area contributed by atoms with E-state index in [9.17, 15) is 0 Å². The Hall–Kier alpha value is -1.44. The van der Waals surface area contributed by atoms with Crippen molar-refractivity contribution in [2.24, 2.45) is 5.73 Å². The van der Waals surface area contributed by atoms with E-state index in [0.29, 0.717) is 0 Å². The molecule has 0 fully saturated rings. The molecule has 15 heavy (non-hydrogen) atoms. The normalized spacial score (nSPS) is 14.7. The molecule has 0 aromatic heterocycles. The van der Waals surface area contributed by atoms with Crippen molar-refractivity contribution in [3.63, 3.8) is 0 Å². The van der Waals surface area contributed by atoms with Gasteiger partial charge in [-0.2, -0.15) is 0 Å². The number of hydrogen-bond donors (Lipinski definition) is 1. The Balaban J connectivity index is 4.88. The standard InChI is InChI=1S/C13H22N2/c1-7-10(2)13(14)11(3)8-9-12(4)15(5)6/h7-9H,1,14H2,2-6H3/b11-8+,12-9-,13-10-. The molecule has 0 bridgehead atoms. The highest BCUT2D eigenvalue weighted by Gasteiger charge is 1.96. The van der Waals surface area contributed by atoms with Crippen LogP contribution in [0.3, 0.4) is 0 Å². The zero-order chi connectivity index (χ0) is 12.0. The molecule has 0 aliphatic carbocycles. The van der Waals surface area contributed by atoms with Gasteiger partial charge in [-0.15, -0.1) is 0 Å². The fourth-order valence-electron chi connectivity index (χ4n) is 0.905. The lowest BCUT2D eigenvalue weighted by molar-refractivity contribution is 0.514. The molecule has 0 saturated heterocycles. The maximum absolute atomic E-state index is 5.93. The quantitative estimate of drug-likeness (QED) is 0.717. The second kappa shape index (κ2) is 6.12. The maximum atomic E-state index is 5.93. The van der Waals surface area contributed by atoms with E-state index in [0.717, 1.165) is 16.8 Å². The Kier molecular flexibility index (Phi) is 5.53. The van der Waals surface area contributed by atoms with E-state index in [2.05, 4.69) is 24.5 Å². The second-order valence-corrected chi connectivity index (χ2v) is 3.85. The molecule has 0 aliphatic rings. The van der Waals surface area contributed by atoms with Crippen molar-refractivity contribution in [2.45, 2.75) is 20.8 Å². The van der Waals surface area contributed by atoms with Crippen molar-refractivity contribution >= 4 is 0 Å². The smallest absolute Gasteiger partial charge is 0.0373 e. The molecular weight excluding hydrogens is 184 g/mol. The molecule has 0 rings (SSSR count). The van der Waals surface area contributed by atoms with Crippen molar-refractivity contribution in [3.8, 4) is 0 Å². The third-order valence-electron chi connectivity index (χ3n) is 2.44. The van der Waals surface area contributed by atoms with Gasteiger partial charge in [0.1, 0.15) is 0 Å². The molecule has 0 heterocycles. The first kappa shape index (κ1) is 13.6. The molecule has 2 heteroatoms. The van der Waals surface area contributed by atoms with Crippen molar-refractivity contribution in [3.05, 3.63) is 47.3 Å². The third-order valence-corrected chi connectivity index (χ3v) is 2.44. The SMILES string of the molecule is C=C/C(C)=C(N)/C(C)=C/C=C(/C)N(C)C. The van der Waals surface area contributed by atoms with Crippen LogP contribution in [0.25, 0.3) is 0 Å². The number of allylic oxidation sites excluding steroid dienone is 6. The average Bonchev–Trinajstić information content (AvgIpc) is 2.22. The van der Waals surface area contributed by atoms with Gasteiger partial charge in [0, 0.05) is 25.5 Å². The van der Waals surface area contributed by atoms with Gasteiger partial charge in [-0.1, -0.05) is 18.7 Å². The number of hydrogen-bond acceptors (Lipinski definition) is 2. The van der Waals surface area contributed by atoms with Gasteiger partial charge in [-0.25, -0.2) is 0 Å². The summed E-state index contributed by atoms with van der Waals surface area (Å²) < 4.78 is 0. The first-order chi connectivity index (χ1) is 6.90. The third kappa shape index (κ3) is 4.54. The summed E-state index contributed by atoms with van der Waals surface area (Å²) in [5.41, 5.74) is 10.00. The van der Waals surface area contributed by atoms with E-state index < -0.39 is 0 Å². The molecule has 0 spiro atoms. The highest BCUT2D eigenvalue weighted by atomic mass is 15.1. The maximum Gasteiger partial charge on any atom is 0.0373 e. The molecule has 84 valence electrons. The first-order valence-corrected chi connectivity index (χ1v) is 5.01. The number of nitrogens with two attached hydrogens (primary N) is 1. The van der Waals surface area contributed by atoms with Gasteiger partial charge in [0.05, 0.1) is 0 Å². The second-order valence-electron chi connectivity index (χ2n) is 3.85. The molecular formula is C13H22N2. The Bertz CT molecular complexity index is 317. The monoisotopic (exact) mass is 206 g/mol. The molecule has 0 amide bonds. The predicted octanol–water partition coefficient (Wildman–Crippen LogP) is 2.82. The van der Waals surface area contributed by atoms with E-state index in [-0.39, 0.29) is 0 Å². The van der Waals surface area contributed by atoms with Crippen LogP contribution < -0.4 is 5.73 Å². The topological polar surface area (TPSA) is 29.3 Å². The predicted molar refractivity (Wildman–Crippen MR) is 68.3 cm³/mol. The molecule has 2 nitrogen and oxygen atoms in total. The summed E-state index contributed by atoms with van der Waals surface area (Å²) in [5.74, 6) is 0. The van der Waals surface area contributed by atoms with Crippen LogP contribution in [-0.4, -0.2) is 19.0 Å². The van der Waals surface area contributed by atoms with E-state index >= 15 is 0 Å². The summed E-state index contributed by atoms with van der Waals surface area (Å²) in [4.78, 5) is 2.06. The Morgan fingerprint density at radius 2 is 1.67 bits per heavy atom. The van der Waals surface area contributed by atoms with Gasteiger partial charge in [-0.05, 0) is 38.0 Å². The van der Waals surface area contributed by atoms with Crippen LogP contribution in [0.5, 0.6) is 0 Å². The summed E-state index contributed by atoms with van der Waals surface area (Å²) in [5, 5.41) is 0. The van der Waals surface area contributed by atoms with E-state index in [1.54, 1.807) is 6.08 Å². The molecule has 0 radical (unpaired) electrons. The van der Waals surface area contributed by atoms with Crippen LogP contribution in [0.15, 0.2) is 47.3 Å². The molecule has 0 atom stereocenters. The summed E-state index contributed by atoms with van der Waals surface area (Å²) in [6.45, 7) is 9.72. The summed E-state index contributed by atoms with van der Waals surface area (Å²) in [7, 11) is 4.03. The van der Waals surface area contributed by atoms with Gasteiger partial charge in [0.2, 0.25) is 0 Å². The van der Waals surface area contributed by atoms with Crippen LogP contribution in [0.2, 0.25) is 0 Å². The molecule has 0 saturated carbocycles. The lowest BCUT2D eigenvalue weighted by Crippen LogP contribution is -2.07. The molecule has 0 aromatic carbocycles. The van der Waals surface area contributed by atoms with Gasteiger partial charge in [0.15, 0.2) is 0 Å². The number of nitrogens with zero attached hydrogens (tertiary/aromatic N) is 1. The van der Waals surface area contributed by atoms with Gasteiger partial charge in [0.25, 0.3) is 0 Å². The largest absolute Gasteiger partial charge is 0.398 e. The molecule has 0 unspecified atom stereocenters. The first-order valence-electron chi connectivity index (χ1n) is 5.01. The van der Waals surface area contributed by atoms with Gasteiger partial charge >= 0.3 is 0 Å². The van der Waals surface area contributed by atoms with Crippen molar-refractivity contribution < 1.29 is 0 Å². The minimum absolute atomic E-state index is 0.799. The zero-order valence-electron chi connectivity index (χ0n) is 10.5. The van der Waals surface area contributed by atoms with E-state index in [4.69, 9.17) is 5.73 Å². The van der Waals surface area contributed by atoms with Crippen molar-refractivity contribution in [1.29, 1.82) is 0 Å². The van der Waals surface area contributed by atoms with Crippen LogP contribution in [-0.2, 0) is 0 Å². The summed E-state index contributed by atoms with van der Waals surface area (Å²) in [6, 6.07) is 0. The molecule has 2 N–H and O–H groups in total.